The van der Waals surface area contributed by atoms with Gasteiger partial charge in [0.05, 0.1) is 18.7 Å². The highest BCUT2D eigenvalue weighted by Gasteiger charge is 2.46. The summed E-state index contributed by atoms with van der Waals surface area (Å²) in [5.41, 5.74) is 0.0187. The van der Waals surface area contributed by atoms with Crippen molar-refractivity contribution < 1.29 is 28.2 Å². The maximum Gasteiger partial charge on any atom is 0.294 e. The molecule has 1 aromatic heterocycles. The number of fused-ring (bicyclic) bond motifs is 1. The Hall–Kier alpha value is -3.52. The van der Waals surface area contributed by atoms with Crippen LogP contribution in [0.2, 0.25) is 15.1 Å². The van der Waals surface area contributed by atoms with Crippen molar-refractivity contribution in [2.75, 3.05) is 12.0 Å². The van der Waals surface area contributed by atoms with E-state index < -0.39 is 29.3 Å². The first kappa shape index (κ1) is 24.2. The molecule has 0 saturated heterocycles. The number of nitrogens with zero attached hydrogens (tertiary/aromatic N) is 1. The van der Waals surface area contributed by atoms with Gasteiger partial charge in [0.1, 0.15) is 5.82 Å². The number of carbonyl (C=O) groups excluding carboxylic acids is 2. The minimum Gasteiger partial charge on any atom is -0.503 e. The maximum absolute atomic E-state index is 15.0. The van der Waals surface area contributed by atoms with Crippen molar-refractivity contribution in [2.24, 2.45) is 0 Å². The first-order valence-electron chi connectivity index (χ1n) is 10.5. The van der Waals surface area contributed by atoms with E-state index in [0.29, 0.717) is 10.4 Å². The lowest BCUT2D eigenvalue weighted by Gasteiger charge is -2.27. The van der Waals surface area contributed by atoms with Crippen LogP contribution in [0.4, 0.5) is 10.1 Å². The second kappa shape index (κ2) is 9.17. The van der Waals surface area contributed by atoms with E-state index in [1.165, 1.54) is 55.6 Å². The molecule has 0 radical (unpaired) electrons. The van der Waals surface area contributed by atoms with E-state index in [9.17, 15) is 14.7 Å². The number of hydrogen-bond acceptors (Lipinski definition) is 5. The monoisotopic (exact) mass is 545 g/mol. The molecule has 6 nitrogen and oxygen atoms in total. The van der Waals surface area contributed by atoms with Crippen molar-refractivity contribution in [3.05, 3.63) is 104 Å². The number of Topliss-reactive ketones (excluding diaryl/α,β-unsaturated/α-hetero) is 1. The Labute approximate surface area is 219 Å². The van der Waals surface area contributed by atoms with Gasteiger partial charge in [0.2, 0.25) is 5.78 Å². The van der Waals surface area contributed by atoms with Gasteiger partial charge in [-0.3, -0.25) is 14.5 Å². The minimum atomic E-state index is -1.33. The van der Waals surface area contributed by atoms with Gasteiger partial charge in [-0.2, -0.15) is 0 Å². The minimum absolute atomic E-state index is 0.0221. The molecule has 1 N–H and O–H groups in total. The van der Waals surface area contributed by atoms with Crippen LogP contribution in [-0.2, 0) is 4.79 Å². The van der Waals surface area contributed by atoms with Gasteiger partial charge in [-0.05, 0) is 36.4 Å². The SMILES string of the molecule is COc1cc(Cl)cc2cc(C(=O)C3=C(O)C(=O)N(c4cc(Cl)cc(Cl)c4)C3c3ccccc3F)oc12. The number of aliphatic hydroxyl groups excluding tert-OH is 1. The van der Waals surface area contributed by atoms with Gasteiger partial charge in [0, 0.05) is 37.8 Å². The van der Waals surface area contributed by atoms with E-state index in [1.807, 2.05) is 0 Å². The summed E-state index contributed by atoms with van der Waals surface area (Å²) >= 11 is 18.4. The summed E-state index contributed by atoms with van der Waals surface area (Å²) in [4.78, 5) is 28.1. The Kier molecular flexibility index (Phi) is 6.16. The van der Waals surface area contributed by atoms with Gasteiger partial charge in [0.15, 0.2) is 22.9 Å². The molecule has 1 atom stereocenters. The van der Waals surface area contributed by atoms with Crippen LogP contribution in [0.3, 0.4) is 0 Å². The van der Waals surface area contributed by atoms with Crippen molar-refractivity contribution in [3.63, 3.8) is 0 Å². The normalized spacial score (nSPS) is 15.8. The molecule has 0 saturated carbocycles. The summed E-state index contributed by atoms with van der Waals surface area (Å²) < 4.78 is 26.1. The second-order valence-electron chi connectivity index (χ2n) is 7.96. The average molecular weight is 547 g/mol. The van der Waals surface area contributed by atoms with E-state index in [-0.39, 0.29) is 44.0 Å². The number of anilines is 1. The number of methoxy groups -OCH3 is 1. The number of aliphatic hydroxyl groups is 1. The predicted molar refractivity (Wildman–Crippen MR) is 135 cm³/mol. The number of rotatable bonds is 5. The van der Waals surface area contributed by atoms with E-state index in [1.54, 1.807) is 12.1 Å². The van der Waals surface area contributed by atoms with Crippen LogP contribution < -0.4 is 9.64 Å². The standard InChI is InChI=1S/C26H15Cl3FNO5/c1-35-20-11-13(27)6-12-7-19(36-25(12)20)23(32)21-22(17-4-2-3-5-18(17)30)31(26(34)24(21)33)16-9-14(28)8-15(29)10-16/h2-11,22,33H,1H3. The molecule has 1 unspecified atom stereocenters. The first-order chi connectivity index (χ1) is 17.2. The highest BCUT2D eigenvalue weighted by Crippen LogP contribution is 2.44. The second-order valence-corrected chi connectivity index (χ2v) is 9.26. The molecule has 1 aliphatic rings. The molecule has 0 bridgehead atoms. The molecule has 0 aliphatic carbocycles. The van der Waals surface area contributed by atoms with Crippen molar-refractivity contribution in [1.82, 2.24) is 0 Å². The fourth-order valence-corrected chi connectivity index (χ4v) is 4.99. The first-order valence-corrected chi connectivity index (χ1v) is 11.6. The Balaban J connectivity index is 1.70. The fourth-order valence-electron chi connectivity index (χ4n) is 4.26. The molecule has 10 heteroatoms. The molecule has 3 aromatic carbocycles. The number of hydrogen-bond donors (Lipinski definition) is 1. The smallest absolute Gasteiger partial charge is 0.294 e. The largest absolute Gasteiger partial charge is 0.503 e. The van der Waals surface area contributed by atoms with Crippen LogP contribution in [0.25, 0.3) is 11.0 Å². The van der Waals surface area contributed by atoms with Crippen molar-refractivity contribution in [1.29, 1.82) is 0 Å². The Morgan fingerprint density at radius 3 is 2.36 bits per heavy atom. The van der Waals surface area contributed by atoms with Crippen LogP contribution >= 0.6 is 34.8 Å². The molecular formula is C26H15Cl3FNO5. The lowest BCUT2D eigenvalue weighted by Crippen LogP contribution is -2.31. The lowest BCUT2D eigenvalue weighted by molar-refractivity contribution is -0.117. The van der Waals surface area contributed by atoms with Gasteiger partial charge < -0.3 is 14.3 Å². The van der Waals surface area contributed by atoms with Crippen LogP contribution in [0.5, 0.6) is 5.75 Å². The molecule has 0 fully saturated rings. The van der Waals surface area contributed by atoms with Crippen LogP contribution in [0.1, 0.15) is 22.2 Å². The maximum atomic E-state index is 15.0. The van der Waals surface area contributed by atoms with Crippen LogP contribution in [-0.4, -0.2) is 23.9 Å². The topological polar surface area (TPSA) is 80.0 Å². The predicted octanol–water partition coefficient (Wildman–Crippen LogP) is 7.32. The van der Waals surface area contributed by atoms with Crippen molar-refractivity contribution >= 4 is 63.1 Å². The quantitative estimate of drug-likeness (QED) is 0.265. The third-order valence-electron chi connectivity index (χ3n) is 5.77. The summed E-state index contributed by atoms with van der Waals surface area (Å²) in [6, 6.07) is 13.1. The van der Waals surface area contributed by atoms with Gasteiger partial charge in [-0.1, -0.05) is 53.0 Å². The number of benzene rings is 3. The van der Waals surface area contributed by atoms with Crippen molar-refractivity contribution in [2.45, 2.75) is 6.04 Å². The summed E-state index contributed by atoms with van der Waals surface area (Å²) in [6.45, 7) is 0. The number of ketones is 1. The summed E-state index contributed by atoms with van der Waals surface area (Å²) in [6.07, 6.45) is 0. The molecular weight excluding hydrogens is 532 g/mol. The van der Waals surface area contributed by atoms with Crippen LogP contribution in [0, 0.1) is 5.82 Å². The molecule has 182 valence electrons. The number of halogens is 4. The molecule has 1 aliphatic heterocycles. The molecule has 1 amide bonds. The summed E-state index contributed by atoms with van der Waals surface area (Å²) in [5.74, 6) is -3.20. The third-order valence-corrected chi connectivity index (χ3v) is 6.42. The number of furan rings is 1. The molecule has 0 spiro atoms. The zero-order valence-electron chi connectivity index (χ0n) is 18.4. The zero-order chi connectivity index (χ0) is 25.7. The van der Waals surface area contributed by atoms with Crippen LogP contribution in [0.15, 0.2) is 76.4 Å². The molecule has 4 aromatic rings. The highest BCUT2D eigenvalue weighted by atomic mass is 35.5. The highest BCUT2D eigenvalue weighted by molar-refractivity contribution is 6.35. The van der Waals surface area contributed by atoms with Gasteiger partial charge >= 0.3 is 0 Å². The summed E-state index contributed by atoms with van der Waals surface area (Å²) in [7, 11) is 1.42. The van der Waals surface area contributed by atoms with Gasteiger partial charge in [-0.25, -0.2) is 4.39 Å². The van der Waals surface area contributed by atoms with E-state index in [0.717, 1.165) is 4.90 Å². The summed E-state index contributed by atoms with van der Waals surface area (Å²) in [5, 5.41) is 12.1. The number of ether oxygens (including phenoxy) is 1. The molecule has 5 rings (SSSR count). The van der Waals surface area contributed by atoms with E-state index in [4.69, 9.17) is 44.0 Å². The lowest BCUT2D eigenvalue weighted by atomic mass is 9.94. The van der Waals surface area contributed by atoms with Gasteiger partial charge in [0.25, 0.3) is 5.91 Å². The third kappa shape index (κ3) is 3.99. The van der Waals surface area contributed by atoms with Gasteiger partial charge in [-0.15, -0.1) is 0 Å². The molecule has 36 heavy (non-hydrogen) atoms. The average Bonchev–Trinajstić information content (AvgIpc) is 3.37. The fraction of sp³-hybridized carbons (Fsp3) is 0.0769. The Morgan fingerprint density at radius 1 is 1.03 bits per heavy atom. The van der Waals surface area contributed by atoms with E-state index >= 15 is 4.39 Å². The van der Waals surface area contributed by atoms with Crippen molar-refractivity contribution in [3.8, 4) is 5.75 Å². The number of amides is 1. The van der Waals surface area contributed by atoms with E-state index in [2.05, 4.69) is 0 Å². The molecule has 2 heterocycles. The Morgan fingerprint density at radius 2 is 1.69 bits per heavy atom. The number of carbonyl (C=O) groups is 2. The zero-order valence-corrected chi connectivity index (χ0v) is 20.7. The Bertz CT molecular complexity index is 1580.